The Morgan fingerprint density at radius 3 is 2.89 bits per heavy atom. The Hall–Kier alpha value is -2.62. The van der Waals surface area contributed by atoms with Crippen LogP contribution in [0, 0.1) is 0 Å². The van der Waals surface area contributed by atoms with E-state index in [1.54, 1.807) is 10.7 Å². The topological polar surface area (TPSA) is 35.1 Å². The Labute approximate surface area is 109 Å². The molecule has 4 nitrogen and oxygen atoms in total. The number of aryl methyl sites for hydroxylation is 1. The molecule has 0 spiro atoms. The molecule has 0 aliphatic carbocycles. The molecule has 19 heavy (non-hydrogen) atoms. The van der Waals surface area contributed by atoms with Gasteiger partial charge in [-0.1, -0.05) is 18.2 Å². The van der Waals surface area contributed by atoms with E-state index in [2.05, 4.69) is 52.2 Å². The van der Waals surface area contributed by atoms with Gasteiger partial charge in [0, 0.05) is 42.1 Å². The van der Waals surface area contributed by atoms with Crippen molar-refractivity contribution in [2.75, 3.05) is 0 Å². The van der Waals surface area contributed by atoms with Crippen LogP contribution in [0.2, 0.25) is 0 Å². The molecule has 4 heteroatoms. The highest BCUT2D eigenvalue weighted by Gasteiger charge is 2.09. The van der Waals surface area contributed by atoms with Crippen LogP contribution in [0.15, 0.2) is 55.0 Å². The van der Waals surface area contributed by atoms with Crippen molar-refractivity contribution < 1.29 is 0 Å². The third-order valence-electron chi connectivity index (χ3n) is 3.43. The quantitative estimate of drug-likeness (QED) is 0.519. The number of imidazole rings is 1. The maximum atomic E-state index is 4.61. The summed E-state index contributed by atoms with van der Waals surface area (Å²) in [4.78, 5) is 4.22. The second-order valence-electron chi connectivity index (χ2n) is 4.62. The predicted octanol–water partition coefficient (Wildman–Crippen LogP) is 2.89. The van der Waals surface area contributed by atoms with Crippen LogP contribution >= 0.6 is 0 Å². The Bertz CT molecular complexity index is 885. The van der Waals surface area contributed by atoms with Crippen molar-refractivity contribution in [1.29, 1.82) is 0 Å². The second-order valence-corrected chi connectivity index (χ2v) is 4.62. The van der Waals surface area contributed by atoms with E-state index in [0.29, 0.717) is 0 Å². The van der Waals surface area contributed by atoms with E-state index in [4.69, 9.17) is 0 Å². The molecule has 0 bridgehead atoms. The van der Waals surface area contributed by atoms with Crippen molar-refractivity contribution in [2.45, 2.75) is 0 Å². The van der Waals surface area contributed by atoms with E-state index in [1.165, 1.54) is 10.9 Å². The summed E-state index contributed by atoms with van der Waals surface area (Å²) in [6.45, 7) is 0. The predicted molar refractivity (Wildman–Crippen MR) is 74.9 cm³/mol. The minimum atomic E-state index is 0.865. The summed E-state index contributed by atoms with van der Waals surface area (Å²) in [5, 5.41) is 5.83. The smallest absolute Gasteiger partial charge is 0.153 e. The molecule has 1 aromatic carbocycles. The minimum absolute atomic E-state index is 0.865. The fraction of sp³-hybridized carbons (Fsp3) is 0.0667. The Morgan fingerprint density at radius 2 is 1.95 bits per heavy atom. The van der Waals surface area contributed by atoms with Gasteiger partial charge in [0.1, 0.15) is 0 Å². The molecule has 0 unspecified atom stereocenters. The molecule has 0 saturated heterocycles. The van der Waals surface area contributed by atoms with Gasteiger partial charge in [0.15, 0.2) is 5.65 Å². The van der Waals surface area contributed by atoms with E-state index in [0.717, 1.165) is 16.9 Å². The molecule has 92 valence electrons. The van der Waals surface area contributed by atoms with Gasteiger partial charge in [-0.3, -0.25) is 0 Å². The summed E-state index contributed by atoms with van der Waals surface area (Å²) in [6.07, 6.45) is 5.74. The number of nitrogens with zero attached hydrogens (tertiary/aromatic N) is 4. The number of benzene rings is 1. The average molecular weight is 248 g/mol. The number of hydrogen-bond acceptors (Lipinski definition) is 2. The van der Waals surface area contributed by atoms with Crippen molar-refractivity contribution in [2.24, 2.45) is 7.05 Å². The highest BCUT2D eigenvalue weighted by molar-refractivity contribution is 5.95. The summed E-state index contributed by atoms with van der Waals surface area (Å²) >= 11 is 0. The van der Waals surface area contributed by atoms with E-state index >= 15 is 0 Å². The van der Waals surface area contributed by atoms with Crippen LogP contribution < -0.4 is 0 Å². The van der Waals surface area contributed by atoms with Gasteiger partial charge in [0.05, 0.1) is 5.69 Å². The molecule has 0 aliphatic rings. The van der Waals surface area contributed by atoms with Gasteiger partial charge in [-0.05, 0) is 18.2 Å². The Balaban J connectivity index is 2.03. The molecule has 0 radical (unpaired) electrons. The van der Waals surface area contributed by atoms with E-state index in [9.17, 15) is 0 Å². The number of rotatable bonds is 1. The lowest BCUT2D eigenvalue weighted by molar-refractivity contribution is 0.937. The monoisotopic (exact) mass is 248 g/mol. The largest absolute Gasteiger partial charge is 0.350 e. The molecule has 0 fully saturated rings. The summed E-state index contributed by atoms with van der Waals surface area (Å²) < 4.78 is 3.93. The van der Waals surface area contributed by atoms with Gasteiger partial charge in [0.2, 0.25) is 0 Å². The van der Waals surface area contributed by atoms with Gasteiger partial charge >= 0.3 is 0 Å². The Kier molecular flexibility index (Phi) is 2.00. The highest BCUT2D eigenvalue weighted by Crippen LogP contribution is 2.28. The van der Waals surface area contributed by atoms with Crippen LogP contribution in [-0.4, -0.2) is 19.2 Å². The lowest BCUT2D eigenvalue weighted by Crippen LogP contribution is -1.92. The summed E-state index contributed by atoms with van der Waals surface area (Å²) in [5.74, 6) is 0. The van der Waals surface area contributed by atoms with Crippen molar-refractivity contribution in [3.05, 3.63) is 55.0 Å². The maximum absolute atomic E-state index is 4.61. The average Bonchev–Trinajstić information content (AvgIpc) is 3.03. The molecule has 0 aliphatic heterocycles. The van der Waals surface area contributed by atoms with Gasteiger partial charge in [-0.15, -0.1) is 0 Å². The molecular formula is C15H12N4. The molecule has 0 amide bonds. The van der Waals surface area contributed by atoms with E-state index in [-0.39, 0.29) is 0 Å². The van der Waals surface area contributed by atoms with Gasteiger partial charge in [0.25, 0.3) is 0 Å². The standard InChI is InChI=1S/C15H12N4/c1-18-10-12(11-4-2-3-5-14(11)18)13-6-7-15-16-8-9-19(15)17-13/h2-10H,1H3. The zero-order valence-corrected chi connectivity index (χ0v) is 10.5. The van der Waals surface area contributed by atoms with Crippen LogP contribution in [0.3, 0.4) is 0 Å². The van der Waals surface area contributed by atoms with Crippen LogP contribution in [0.4, 0.5) is 0 Å². The first-order chi connectivity index (χ1) is 9.33. The van der Waals surface area contributed by atoms with Crippen LogP contribution in [0.5, 0.6) is 0 Å². The molecule has 0 N–H and O–H groups in total. The fourth-order valence-corrected chi connectivity index (χ4v) is 2.50. The molecular weight excluding hydrogens is 236 g/mol. The minimum Gasteiger partial charge on any atom is -0.350 e. The summed E-state index contributed by atoms with van der Waals surface area (Å²) in [7, 11) is 2.06. The van der Waals surface area contributed by atoms with Crippen LogP contribution in [0.1, 0.15) is 0 Å². The molecule has 0 atom stereocenters. The van der Waals surface area contributed by atoms with E-state index in [1.807, 2.05) is 18.3 Å². The number of hydrogen-bond donors (Lipinski definition) is 0. The van der Waals surface area contributed by atoms with Crippen molar-refractivity contribution >= 4 is 16.6 Å². The molecule has 4 aromatic rings. The SMILES string of the molecule is Cn1cc(-c2ccc3nccn3n2)c2ccccc21. The lowest BCUT2D eigenvalue weighted by atomic mass is 10.1. The Morgan fingerprint density at radius 1 is 1.05 bits per heavy atom. The normalized spacial score (nSPS) is 11.4. The molecule has 3 aromatic heterocycles. The van der Waals surface area contributed by atoms with Crippen molar-refractivity contribution in [1.82, 2.24) is 19.2 Å². The van der Waals surface area contributed by atoms with Gasteiger partial charge in [-0.2, -0.15) is 5.10 Å². The van der Waals surface area contributed by atoms with Crippen molar-refractivity contribution in [3.8, 4) is 11.3 Å². The molecule has 3 heterocycles. The zero-order chi connectivity index (χ0) is 12.8. The zero-order valence-electron chi connectivity index (χ0n) is 10.5. The van der Waals surface area contributed by atoms with Crippen molar-refractivity contribution in [3.63, 3.8) is 0 Å². The molecule has 4 rings (SSSR count). The maximum Gasteiger partial charge on any atom is 0.153 e. The number of fused-ring (bicyclic) bond motifs is 2. The fourth-order valence-electron chi connectivity index (χ4n) is 2.50. The van der Waals surface area contributed by atoms with E-state index < -0.39 is 0 Å². The van der Waals surface area contributed by atoms with Gasteiger partial charge in [-0.25, -0.2) is 9.50 Å². The first-order valence-corrected chi connectivity index (χ1v) is 6.18. The third kappa shape index (κ3) is 1.46. The number of aromatic nitrogens is 4. The lowest BCUT2D eigenvalue weighted by Gasteiger charge is -1.99. The first kappa shape index (κ1) is 10.3. The summed E-state index contributed by atoms with van der Waals surface area (Å²) in [5.41, 5.74) is 4.19. The third-order valence-corrected chi connectivity index (χ3v) is 3.43. The van der Waals surface area contributed by atoms with Crippen LogP contribution in [0.25, 0.3) is 27.8 Å². The second kappa shape index (κ2) is 3.68. The first-order valence-electron chi connectivity index (χ1n) is 6.18. The van der Waals surface area contributed by atoms with Crippen LogP contribution in [-0.2, 0) is 7.05 Å². The summed E-state index contributed by atoms with van der Waals surface area (Å²) in [6, 6.07) is 12.4. The number of para-hydroxylation sites is 1. The van der Waals surface area contributed by atoms with Gasteiger partial charge < -0.3 is 4.57 Å². The molecule has 0 saturated carbocycles. The highest BCUT2D eigenvalue weighted by atomic mass is 15.2.